The molecule has 2 rings (SSSR count). The number of nitrogens with zero attached hydrogens (tertiary/aromatic N) is 3. The first-order valence-electron chi connectivity index (χ1n) is 6.30. The van der Waals surface area contributed by atoms with Gasteiger partial charge < -0.3 is 20.7 Å². The Labute approximate surface area is 112 Å². The van der Waals surface area contributed by atoms with Crippen molar-refractivity contribution in [3.63, 3.8) is 0 Å². The van der Waals surface area contributed by atoms with E-state index in [2.05, 4.69) is 15.3 Å². The van der Waals surface area contributed by atoms with Gasteiger partial charge in [-0.05, 0) is 13.8 Å². The number of carbonyl (C=O) groups is 1. The average molecular weight is 265 g/mol. The third kappa shape index (κ3) is 3.31. The molecule has 1 aliphatic heterocycles. The van der Waals surface area contributed by atoms with Crippen LogP contribution in [0.15, 0.2) is 12.4 Å². The number of nitrogens with one attached hydrogen (secondary N) is 1. The first kappa shape index (κ1) is 13.5. The molecule has 0 bridgehead atoms. The lowest BCUT2D eigenvalue weighted by molar-refractivity contribution is -0.125. The van der Waals surface area contributed by atoms with Crippen LogP contribution in [0.25, 0.3) is 0 Å². The summed E-state index contributed by atoms with van der Waals surface area (Å²) in [4.78, 5) is 22.3. The molecule has 1 atom stereocenters. The fourth-order valence-corrected chi connectivity index (χ4v) is 1.92. The van der Waals surface area contributed by atoms with Crippen molar-refractivity contribution in [2.45, 2.75) is 25.9 Å². The highest BCUT2D eigenvalue weighted by molar-refractivity contribution is 5.85. The van der Waals surface area contributed by atoms with Crippen molar-refractivity contribution in [3.8, 4) is 0 Å². The summed E-state index contributed by atoms with van der Waals surface area (Å²) in [6, 6.07) is -0.316. The van der Waals surface area contributed by atoms with Crippen LogP contribution >= 0.6 is 0 Å². The highest BCUT2D eigenvalue weighted by Gasteiger charge is 2.31. The molecule has 0 radical (unpaired) electrons. The van der Waals surface area contributed by atoms with E-state index in [1.807, 2.05) is 18.7 Å². The normalized spacial score (nSPS) is 19.5. The maximum absolute atomic E-state index is 12.1. The van der Waals surface area contributed by atoms with Crippen LogP contribution in [0.5, 0.6) is 0 Å². The van der Waals surface area contributed by atoms with Gasteiger partial charge in [0, 0.05) is 12.6 Å². The zero-order valence-corrected chi connectivity index (χ0v) is 11.2. The largest absolute Gasteiger partial charge is 0.396 e. The number of nitrogen functional groups attached to an aromatic ring is 1. The number of morpholine rings is 1. The maximum atomic E-state index is 12.1. The number of aromatic nitrogens is 2. The summed E-state index contributed by atoms with van der Waals surface area (Å²) in [6.45, 7) is 5.32. The number of hydrogen-bond acceptors (Lipinski definition) is 6. The Hall–Kier alpha value is -1.89. The van der Waals surface area contributed by atoms with Crippen molar-refractivity contribution >= 4 is 17.5 Å². The summed E-state index contributed by atoms with van der Waals surface area (Å²) >= 11 is 0. The van der Waals surface area contributed by atoms with E-state index >= 15 is 0 Å². The molecule has 7 heteroatoms. The quantitative estimate of drug-likeness (QED) is 0.785. The van der Waals surface area contributed by atoms with Crippen LogP contribution in [0.2, 0.25) is 0 Å². The molecule has 1 saturated heterocycles. The summed E-state index contributed by atoms with van der Waals surface area (Å²) in [5.41, 5.74) is 6.07. The van der Waals surface area contributed by atoms with Crippen molar-refractivity contribution in [2.24, 2.45) is 0 Å². The van der Waals surface area contributed by atoms with Gasteiger partial charge in [0.2, 0.25) is 11.9 Å². The molecule has 1 amide bonds. The van der Waals surface area contributed by atoms with E-state index in [-0.39, 0.29) is 11.9 Å². The lowest BCUT2D eigenvalue weighted by Gasteiger charge is -2.34. The molecule has 1 fully saturated rings. The van der Waals surface area contributed by atoms with Crippen LogP contribution in [0.3, 0.4) is 0 Å². The van der Waals surface area contributed by atoms with Gasteiger partial charge in [-0.3, -0.25) is 4.79 Å². The highest BCUT2D eigenvalue weighted by atomic mass is 16.5. The average Bonchev–Trinajstić information content (AvgIpc) is 2.39. The van der Waals surface area contributed by atoms with Crippen LogP contribution in [0.1, 0.15) is 13.8 Å². The van der Waals surface area contributed by atoms with Crippen LogP contribution < -0.4 is 16.0 Å². The molecular weight excluding hydrogens is 246 g/mol. The predicted octanol–water partition coefficient (Wildman–Crippen LogP) is -0.211. The molecule has 104 valence electrons. The van der Waals surface area contributed by atoms with Crippen LogP contribution in [0, 0.1) is 0 Å². The van der Waals surface area contributed by atoms with E-state index in [9.17, 15) is 4.79 Å². The molecular formula is C12H19N5O2. The van der Waals surface area contributed by atoms with Crippen molar-refractivity contribution in [3.05, 3.63) is 12.4 Å². The Morgan fingerprint density at radius 2 is 2.21 bits per heavy atom. The second-order valence-electron chi connectivity index (χ2n) is 4.76. The Kier molecular flexibility index (Phi) is 4.16. The number of amides is 1. The van der Waals surface area contributed by atoms with Gasteiger partial charge in [0.1, 0.15) is 6.04 Å². The zero-order chi connectivity index (χ0) is 13.8. The molecule has 2 heterocycles. The molecule has 1 unspecified atom stereocenters. The van der Waals surface area contributed by atoms with Gasteiger partial charge in [0.25, 0.3) is 0 Å². The summed E-state index contributed by atoms with van der Waals surface area (Å²) in [5.74, 6) is 0.427. The number of carbonyl (C=O) groups excluding carboxylic acids is 1. The van der Waals surface area contributed by atoms with Gasteiger partial charge in [-0.15, -0.1) is 0 Å². The summed E-state index contributed by atoms with van der Waals surface area (Å²) in [7, 11) is 0. The van der Waals surface area contributed by atoms with Crippen molar-refractivity contribution in [2.75, 3.05) is 30.4 Å². The predicted molar refractivity (Wildman–Crippen MR) is 71.7 cm³/mol. The minimum atomic E-state index is -0.403. The molecule has 0 aromatic carbocycles. The standard InChI is InChI=1S/C12H19N5O2/c1-8(2)16-11(18)10-7-19-4-3-17(10)12-14-5-9(13)6-15-12/h5-6,8,10H,3-4,7,13H2,1-2H3,(H,16,18). The Morgan fingerprint density at radius 3 is 2.84 bits per heavy atom. The number of ether oxygens (including phenoxy) is 1. The third-order valence-corrected chi connectivity index (χ3v) is 2.78. The molecule has 3 N–H and O–H groups in total. The fourth-order valence-electron chi connectivity index (χ4n) is 1.92. The second kappa shape index (κ2) is 5.83. The molecule has 1 aromatic heterocycles. The molecule has 1 aromatic rings. The van der Waals surface area contributed by atoms with Crippen LogP contribution in [-0.4, -0.2) is 47.7 Å². The Morgan fingerprint density at radius 1 is 1.53 bits per heavy atom. The van der Waals surface area contributed by atoms with Crippen LogP contribution in [0.4, 0.5) is 11.6 Å². The highest BCUT2D eigenvalue weighted by Crippen LogP contribution is 2.15. The SMILES string of the molecule is CC(C)NC(=O)C1COCCN1c1ncc(N)cn1. The number of nitrogens with two attached hydrogens (primary N) is 1. The van der Waals surface area contributed by atoms with E-state index in [4.69, 9.17) is 10.5 Å². The van der Waals surface area contributed by atoms with Crippen molar-refractivity contribution in [1.82, 2.24) is 15.3 Å². The molecule has 19 heavy (non-hydrogen) atoms. The molecule has 7 nitrogen and oxygen atoms in total. The van der Waals surface area contributed by atoms with Gasteiger partial charge in [0.15, 0.2) is 0 Å². The van der Waals surface area contributed by atoms with Crippen molar-refractivity contribution < 1.29 is 9.53 Å². The van der Waals surface area contributed by atoms with E-state index in [0.717, 1.165) is 0 Å². The summed E-state index contributed by atoms with van der Waals surface area (Å²) in [5, 5.41) is 2.88. The Bertz CT molecular complexity index is 434. The Balaban J connectivity index is 2.15. The van der Waals surface area contributed by atoms with Crippen LogP contribution in [-0.2, 0) is 9.53 Å². The second-order valence-corrected chi connectivity index (χ2v) is 4.76. The topological polar surface area (TPSA) is 93.4 Å². The van der Waals surface area contributed by atoms with Crippen molar-refractivity contribution in [1.29, 1.82) is 0 Å². The van der Waals surface area contributed by atoms with E-state index < -0.39 is 6.04 Å². The van der Waals surface area contributed by atoms with Gasteiger partial charge in [-0.2, -0.15) is 0 Å². The monoisotopic (exact) mass is 265 g/mol. The summed E-state index contributed by atoms with van der Waals surface area (Å²) in [6.07, 6.45) is 3.07. The van der Waals surface area contributed by atoms with Gasteiger partial charge in [-0.1, -0.05) is 0 Å². The van der Waals surface area contributed by atoms with Gasteiger partial charge in [0.05, 0.1) is 31.3 Å². The molecule has 1 aliphatic rings. The maximum Gasteiger partial charge on any atom is 0.245 e. The van der Waals surface area contributed by atoms with E-state index in [1.165, 1.54) is 12.4 Å². The zero-order valence-electron chi connectivity index (χ0n) is 11.2. The number of hydrogen-bond donors (Lipinski definition) is 2. The number of anilines is 2. The first-order chi connectivity index (χ1) is 9.08. The smallest absolute Gasteiger partial charge is 0.245 e. The van der Waals surface area contributed by atoms with Gasteiger partial charge >= 0.3 is 0 Å². The van der Waals surface area contributed by atoms with Gasteiger partial charge in [-0.25, -0.2) is 9.97 Å². The first-order valence-corrected chi connectivity index (χ1v) is 6.30. The third-order valence-electron chi connectivity index (χ3n) is 2.78. The summed E-state index contributed by atoms with van der Waals surface area (Å²) < 4.78 is 5.38. The van der Waals surface area contributed by atoms with E-state index in [0.29, 0.717) is 31.4 Å². The minimum absolute atomic E-state index is 0.0740. The molecule has 0 saturated carbocycles. The lowest BCUT2D eigenvalue weighted by atomic mass is 10.2. The lowest BCUT2D eigenvalue weighted by Crippen LogP contribution is -2.55. The minimum Gasteiger partial charge on any atom is -0.396 e. The molecule has 0 spiro atoms. The fraction of sp³-hybridized carbons (Fsp3) is 0.583. The molecule has 0 aliphatic carbocycles. The van der Waals surface area contributed by atoms with E-state index in [1.54, 1.807) is 0 Å². The number of rotatable bonds is 3.